The van der Waals surface area contributed by atoms with Crippen molar-refractivity contribution in [3.63, 3.8) is 0 Å². The SMILES string of the molecule is O=C(CCc1ccccc1C(=O)O)NCCCN1C(=O)COc2ccccc21. The Labute approximate surface area is 162 Å². The van der Waals surface area contributed by atoms with E-state index in [4.69, 9.17) is 4.74 Å². The summed E-state index contributed by atoms with van der Waals surface area (Å²) in [5, 5.41) is 12.0. The molecule has 2 aromatic rings. The predicted molar refractivity (Wildman–Crippen MR) is 104 cm³/mol. The molecule has 7 heteroatoms. The highest BCUT2D eigenvalue weighted by Crippen LogP contribution is 2.31. The van der Waals surface area contributed by atoms with Gasteiger partial charge in [-0.05, 0) is 36.6 Å². The largest absolute Gasteiger partial charge is 0.482 e. The van der Waals surface area contributed by atoms with Gasteiger partial charge in [0.05, 0.1) is 11.3 Å². The highest BCUT2D eigenvalue weighted by molar-refractivity contribution is 5.97. The van der Waals surface area contributed by atoms with Crippen molar-refractivity contribution < 1.29 is 24.2 Å². The zero-order valence-corrected chi connectivity index (χ0v) is 15.4. The van der Waals surface area contributed by atoms with Crippen molar-refractivity contribution in [3.8, 4) is 5.75 Å². The van der Waals surface area contributed by atoms with Crippen LogP contribution in [0.5, 0.6) is 5.75 Å². The van der Waals surface area contributed by atoms with Crippen molar-refractivity contribution in [2.75, 3.05) is 24.6 Å². The molecule has 0 saturated carbocycles. The zero-order chi connectivity index (χ0) is 19.9. The Morgan fingerprint density at radius 1 is 1.11 bits per heavy atom. The van der Waals surface area contributed by atoms with Crippen molar-refractivity contribution in [1.82, 2.24) is 5.32 Å². The fraction of sp³-hybridized carbons (Fsp3) is 0.286. The van der Waals surface area contributed by atoms with Gasteiger partial charge in [-0.2, -0.15) is 0 Å². The molecule has 0 aromatic heterocycles. The van der Waals surface area contributed by atoms with E-state index in [2.05, 4.69) is 5.32 Å². The zero-order valence-electron chi connectivity index (χ0n) is 15.4. The topological polar surface area (TPSA) is 95.9 Å². The summed E-state index contributed by atoms with van der Waals surface area (Å²) in [7, 11) is 0. The molecule has 0 unspecified atom stereocenters. The van der Waals surface area contributed by atoms with Crippen LogP contribution in [0.2, 0.25) is 0 Å². The number of aryl methyl sites for hydroxylation is 1. The van der Waals surface area contributed by atoms with Gasteiger partial charge in [-0.25, -0.2) is 4.79 Å². The first kappa shape index (κ1) is 19.4. The van der Waals surface area contributed by atoms with E-state index in [0.29, 0.717) is 37.2 Å². The minimum atomic E-state index is -0.994. The van der Waals surface area contributed by atoms with Crippen molar-refractivity contribution in [3.05, 3.63) is 59.7 Å². The average molecular weight is 382 g/mol. The molecule has 0 aliphatic carbocycles. The Bertz CT molecular complexity index is 881. The quantitative estimate of drug-likeness (QED) is 0.683. The summed E-state index contributed by atoms with van der Waals surface area (Å²) in [5.41, 5.74) is 1.61. The number of aromatic carboxylic acids is 1. The first-order valence-electron chi connectivity index (χ1n) is 9.16. The number of anilines is 1. The lowest BCUT2D eigenvalue weighted by Crippen LogP contribution is -2.40. The highest BCUT2D eigenvalue weighted by atomic mass is 16.5. The van der Waals surface area contributed by atoms with Crippen LogP contribution in [0.4, 0.5) is 5.69 Å². The van der Waals surface area contributed by atoms with Crippen LogP contribution < -0.4 is 15.0 Å². The van der Waals surface area contributed by atoms with E-state index >= 15 is 0 Å². The summed E-state index contributed by atoms with van der Waals surface area (Å²) in [4.78, 5) is 37.0. The number of carbonyl (C=O) groups excluding carboxylic acids is 2. The van der Waals surface area contributed by atoms with Crippen LogP contribution in [0.15, 0.2) is 48.5 Å². The monoisotopic (exact) mass is 382 g/mol. The summed E-state index contributed by atoms with van der Waals surface area (Å²) in [6.45, 7) is 0.944. The van der Waals surface area contributed by atoms with Crippen LogP contribution >= 0.6 is 0 Å². The fourth-order valence-electron chi connectivity index (χ4n) is 3.15. The molecule has 0 saturated heterocycles. The molecular formula is C21H22N2O5. The number of para-hydroxylation sites is 2. The fourth-order valence-corrected chi connectivity index (χ4v) is 3.15. The molecule has 0 bridgehead atoms. The van der Waals surface area contributed by atoms with Gasteiger partial charge in [0.1, 0.15) is 5.75 Å². The highest BCUT2D eigenvalue weighted by Gasteiger charge is 2.24. The maximum absolute atomic E-state index is 12.1. The molecule has 7 nitrogen and oxygen atoms in total. The molecule has 28 heavy (non-hydrogen) atoms. The normalized spacial score (nSPS) is 12.9. The maximum Gasteiger partial charge on any atom is 0.335 e. The summed E-state index contributed by atoms with van der Waals surface area (Å²) in [6.07, 6.45) is 1.19. The molecule has 0 radical (unpaired) electrons. The summed E-state index contributed by atoms with van der Waals surface area (Å²) in [6, 6.07) is 14.1. The van der Waals surface area contributed by atoms with Crippen molar-refractivity contribution in [1.29, 1.82) is 0 Å². The molecule has 0 spiro atoms. The van der Waals surface area contributed by atoms with E-state index in [1.165, 1.54) is 6.07 Å². The van der Waals surface area contributed by atoms with Crippen molar-refractivity contribution >= 4 is 23.5 Å². The lowest BCUT2D eigenvalue weighted by Gasteiger charge is -2.29. The van der Waals surface area contributed by atoms with Crippen LogP contribution in [-0.2, 0) is 16.0 Å². The Balaban J connectivity index is 1.44. The number of nitrogens with zero attached hydrogens (tertiary/aromatic N) is 1. The van der Waals surface area contributed by atoms with Crippen LogP contribution in [0.25, 0.3) is 0 Å². The van der Waals surface area contributed by atoms with Crippen molar-refractivity contribution in [2.45, 2.75) is 19.3 Å². The maximum atomic E-state index is 12.1. The van der Waals surface area contributed by atoms with E-state index in [1.54, 1.807) is 23.1 Å². The molecular weight excluding hydrogens is 360 g/mol. The van der Waals surface area contributed by atoms with Gasteiger partial charge in [-0.1, -0.05) is 30.3 Å². The second-order valence-corrected chi connectivity index (χ2v) is 6.47. The Morgan fingerprint density at radius 2 is 1.86 bits per heavy atom. The van der Waals surface area contributed by atoms with E-state index in [9.17, 15) is 19.5 Å². The van der Waals surface area contributed by atoms with Gasteiger partial charge < -0.3 is 20.1 Å². The van der Waals surface area contributed by atoms with Gasteiger partial charge in [0, 0.05) is 19.5 Å². The van der Waals surface area contributed by atoms with Gasteiger partial charge in [0.2, 0.25) is 5.91 Å². The Morgan fingerprint density at radius 3 is 2.68 bits per heavy atom. The molecule has 2 amide bonds. The van der Waals surface area contributed by atoms with Gasteiger partial charge in [-0.3, -0.25) is 9.59 Å². The number of ether oxygens (including phenoxy) is 1. The molecule has 1 aliphatic rings. The lowest BCUT2D eigenvalue weighted by atomic mass is 10.0. The number of carboxylic acid groups (broad SMARTS) is 1. The summed E-state index contributed by atoms with van der Waals surface area (Å²) < 4.78 is 5.41. The third-order valence-corrected chi connectivity index (χ3v) is 4.56. The van der Waals surface area contributed by atoms with E-state index in [-0.39, 0.29) is 30.4 Å². The lowest BCUT2D eigenvalue weighted by molar-refractivity contribution is -0.121. The van der Waals surface area contributed by atoms with Gasteiger partial charge in [-0.15, -0.1) is 0 Å². The smallest absolute Gasteiger partial charge is 0.335 e. The molecule has 3 rings (SSSR count). The molecule has 2 aromatic carbocycles. The molecule has 1 heterocycles. The van der Waals surface area contributed by atoms with Crippen LogP contribution in [0, 0.1) is 0 Å². The first-order chi connectivity index (χ1) is 13.6. The summed E-state index contributed by atoms with van der Waals surface area (Å²) in [5.74, 6) is -0.557. The number of nitrogens with one attached hydrogen (secondary N) is 1. The van der Waals surface area contributed by atoms with Crippen LogP contribution in [-0.4, -0.2) is 42.6 Å². The Hall–Kier alpha value is -3.35. The summed E-state index contributed by atoms with van der Waals surface area (Å²) >= 11 is 0. The van der Waals surface area contributed by atoms with Crippen molar-refractivity contribution in [2.24, 2.45) is 0 Å². The number of amides is 2. The second kappa shape index (κ2) is 9.03. The first-order valence-corrected chi connectivity index (χ1v) is 9.16. The Kier molecular flexibility index (Phi) is 6.26. The number of hydrogen-bond donors (Lipinski definition) is 2. The molecule has 0 atom stereocenters. The molecule has 146 valence electrons. The van der Waals surface area contributed by atoms with Crippen LogP contribution in [0.1, 0.15) is 28.8 Å². The van der Waals surface area contributed by atoms with Gasteiger partial charge in [0.25, 0.3) is 5.91 Å². The number of rotatable bonds is 8. The number of carbonyl (C=O) groups is 3. The molecule has 0 fully saturated rings. The van der Waals surface area contributed by atoms with Gasteiger partial charge >= 0.3 is 5.97 Å². The third-order valence-electron chi connectivity index (χ3n) is 4.56. The van der Waals surface area contributed by atoms with Crippen LogP contribution in [0.3, 0.4) is 0 Å². The number of benzene rings is 2. The predicted octanol–water partition coefficient (Wildman–Crippen LogP) is 2.25. The van der Waals surface area contributed by atoms with Gasteiger partial charge in [0.15, 0.2) is 6.61 Å². The number of fused-ring (bicyclic) bond motifs is 1. The van der Waals surface area contributed by atoms with E-state index < -0.39 is 5.97 Å². The molecule has 1 aliphatic heterocycles. The minimum absolute atomic E-state index is 0.0202. The van der Waals surface area contributed by atoms with E-state index in [1.807, 2.05) is 24.3 Å². The number of hydrogen-bond acceptors (Lipinski definition) is 4. The average Bonchev–Trinajstić information content (AvgIpc) is 2.71. The standard InChI is InChI=1S/C21H22N2O5/c24-19(11-10-15-6-1-2-7-16(15)21(26)27)22-12-5-13-23-17-8-3-4-9-18(17)28-14-20(23)25/h1-4,6-9H,5,10-14H2,(H,22,24)(H,26,27). The third kappa shape index (κ3) is 4.68. The molecule has 2 N–H and O–H groups in total. The van der Waals surface area contributed by atoms with E-state index in [0.717, 1.165) is 5.69 Å². The number of carboxylic acids is 1. The minimum Gasteiger partial charge on any atom is -0.482 e. The second-order valence-electron chi connectivity index (χ2n) is 6.47.